The fourth-order valence-corrected chi connectivity index (χ4v) is 2.19. The summed E-state index contributed by atoms with van der Waals surface area (Å²) in [4.78, 5) is 16.2. The van der Waals surface area contributed by atoms with Crippen LogP contribution in [0.5, 0.6) is 0 Å². The molecule has 2 rings (SSSR count). The van der Waals surface area contributed by atoms with E-state index in [9.17, 15) is 4.79 Å². The number of nitrogens with zero attached hydrogens (tertiary/aromatic N) is 1. The van der Waals surface area contributed by atoms with Crippen molar-refractivity contribution in [1.82, 2.24) is 10.6 Å². The Bertz CT molecular complexity index is 333. The molecule has 0 fully saturated rings. The molecule has 16 heavy (non-hydrogen) atoms. The first-order valence-corrected chi connectivity index (χ1v) is 5.97. The van der Waals surface area contributed by atoms with Crippen LogP contribution in [0.1, 0.15) is 33.1 Å². The van der Waals surface area contributed by atoms with E-state index in [-0.39, 0.29) is 11.9 Å². The predicted octanol–water partition coefficient (Wildman–Crippen LogP) is 1.20. The maximum atomic E-state index is 11.8. The van der Waals surface area contributed by atoms with E-state index in [1.807, 2.05) is 13.8 Å². The minimum absolute atomic E-state index is 0.0449. The van der Waals surface area contributed by atoms with Gasteiger partial charge in [-0.3, -0.25) is 10.1 Å². The van der Waals surface area contributed by atoms with Gasteiger partial charge < -0.3 is 5.32 Å². The monoisotopic (exact) mass is 221 g/mol. The zero-order chi connectivity index (χ0) is 11.5. The Morgan fingerprint density at radius 1 is 1.50 bits per heavy atom. The van der Waals surface area contributed by atoms with Gasteiger partial charge in [0.2, 0.25) is 0 Å². The van der Waals surface area contributed by atoms with Gasteiger partial charge in [0.15, 0.2) is 5.96 Å². The number of hydrogen-bond acceptors (Lipinski definition) is 3. The topological polar surface area (TPSA) is 53.5 Å². The van der Waals surface area contributed by atoms with Gasteiger partial charge in [0, 0.05) is 6.04 Å². The van der Waals surface area contributed by atoms with Crippen LogP contribution in [0.2, 0.25) is 0 Å². The molecule has 1 amide bonds. The van der Waals surface area contributed by atoms with Crippen LogP contribution in [0.3, 0.4) is 0 Å². The lowest BCUT2D eigenvalue weighted by Gasteiger charge is -2.19. The van der Waals surface area contributed by atoms with E-state index in [4.69, 9.17) is 0 Å². The molecule has 0 radical (unpaired) electrons. The molecule has 0 saturated heterocycles. The Morgan fingerprint density at radius 2 is 2.31 bits per heavy atom. The van der Waals surface area contributed by atoms with Gasteiger partial charge in [-0.15, -0.1) is 0 Å². The smallest absolute Gasteiger partial charge is 0.251 e. The molecule has 4 heteroatoms. The van der Waals surface area contributed by atoms with Crippen LogP contribution < -0.4 is 10.6 Å². The lowest BCUT2D eigenvalue weighted by Crippen LogP contribution is -2.41. The van der Waals surface area contributed by atoms with Crippen LogP contribution in [-0.2, 0) is 4.79 Å². The van der Waals surface area contributed by atoms with E-state index >= 15 is 0 Å². The third-order valence-electron chi connectivity index (χ3n) is 2.96. The molecule has 0 saturated carbocycles. The van der Waals surface area contributed by atoms with Gasteiger partial charge in [-0.2, -0.15) is 0 Å². The number of amides is 1. The van der Waals surface area contributed by atoms with E-state index < -0.39 is 0 Å². The number of carbonyl (C=O) groups is 1. The van der Waals surface area contributed by atoms with Crippen LogP contribution in [0.15, 0.2) is 17.1 Å². The standard InChI is InChI=1S/C12H19N3O/c1-8(2)13-12-14-10(11(16)15-12)9-6-4-3-5-7-9/h3-4,8-10H,5-7H2,1-2H3,(H2,13,14,15,16). The third-order valence-corrected chi connectivity index (χ3v) is 2.96. The van der Waals surface area contributed by atoms with Crippen molar-refractivity contribution in [3.8, 4) is 0 Å². The summed E-state index contributed by atoms with van der Waals surface area (Å²) < 4.78 is 0. The second-order valence-electron chi connectivity index (χ2n) is 4.76. The highest BCUT2D eigenvalue weighted by molar-refractivity contribution is 6.05. The molecule has 2 aliphatic rings. The normalized spacial score (nSPS) is 29.2. The van der Waals surface area contributed by atoms with Crippen LogP contribution in [-0.4, -0.2) is 24.0 Å². The molecule has 2 unspecified atom stereocenters. The molecular formula is C12H19N3O. The zero-order valence-electron chi connectivity index (χ0n) is 9.86. The summed E-state index contributed by atoms with van der Waals surface area (Å²) in [5.74, 6) is 1.06. The van der Waals surface area contributed by atoms with Crippen molar-refractivity contribution in [2.45, 2.75) is 45.2 Å². The third kappa shape index (κ3) is 2.43. The molecule has 1 aliphatic carbocycles. The van der Waals surface area contributed by atoms with Gasteiger partial charge in [-0.25, -0.2) is 4.99 Å². The zero-order valence-corrected chi connectivity index (χ0v) is 9.86. The lowest BCUT2D eigenvalue weighted by molar-refractivity contribution is -0.121. The fourth-order valence-electron chi connectivity index (χ4n) is 2.19. The van der Waals surface area contributed by atoms with E-state index in [2.05, 4.69) is 27.8 Å². The van der Waals surface area contributed by atoms with Crippen molar-refractivity contribution < 1.29 is 4.79 Å². The van der Waals surface area contributed by atoms with Crippen LogP contribution in [0.4, 0.5) is 0 Å². The molecule has 0 spiro atoms. The summed E-state index contributed by atoms with van der Waals surface area (Å²) in [5, 5.41) is 5.95. The van der Waals surface area contributed by atoms with Gasteiger partial charge in [0.25, 0.3) is 5.91 Å². The molecule has 0 aromatic carbocycles. The molecule has 2 N–H and O–H groups in total. The van der Waals surface area contributed by atoms with Gasteiger partial charge in [-0.05, 0) is 39.0 Å². The number of hydrogen-bond donors (Lipinski definition) is 2. The molecule has 0 aromatic heterocycles. The van der Waals surface area contributed by atoms with Crippen molar-refractivity contribution in [3.05, 3.63) is 12.2 Å². The first-order valence-electron chi connectivity index (χ1n) is 5.97. The molecule has 1 heterocycles. The SMILES string of the molecule is CC(C)NC1=NC(C2CC=CCC2)C(=O)N1. The van der Waals surface area contributed by atoms with E-state index in [1.165, 1.54) is 0 Å². The number of aliphatic imine (C=N–C) groups is 1. The largest absolute Gasteiger partial charge is 0.354 e. The minimum Gasteiger partial charge on any atom is -0.354 e. The van der Waals surface area contributed by atoms with Gasteiger partial charge >= 0.3 is 0 Å². The summed E-state index contributed by atoms with van der Waals surface area (Å²) >= 11 is 0. The average Bonchev–Trinajstić information content (AvgIpc) is 2.60. The molecule has 88 valence electrons. The fraction of sp³-hybridized carbons (Fsp3) is 0.667. The predicted molar refractivity (Wildman–Crippen MR) is 64.1 cm³/mol. The van der Waals surface area contributed by atoms with Gasteiger partial charge in [0.1, 0.15) is 6.04 Å². The van der Waals surface area contributed by atoms with E-state index in [0.717, 1.165) is 19.3 Å². The van der Waals surface area contributed by atoms with Gasteiger partial charge in [-0.1, -0.05) is 12.2 Å². The number of allylic oxidation sites excluding steroid dienone is 2. The Labute approximate surface area is 96.2 Å². The van der Waals surface area contributed by atoms with Crippen molar-refractivity contribution in [2.75, 3.05) is 0 Å². The van der Waals surface area contributed by atoms with Crippen LogP contribution in [0, 0.1) is 5.92 Å². The van der Waals surface area contributed by atoms with E-state index in [1.54, 1.807) is 0 Å². The Hall–Kier alpha value is -1.32. The first kappa shape index (κ1) is 11.2. The first-order chi connectivity index (χ1) is 7.66. The number of carbonyl (C=O) groups excluding carboxylic acids is 1. The van der Waals surface area contributed by atoms with E-state index in [0.29, 0.717) is 17.9 Å². The van der Waals surface area contributed by atoms with Crippen LogP contribution >= 0.6 is 0 Å². The van der Waals surface area contributed by atoms with Crippen molar-refractivity contribution in [2.24, 2.45) is 10.9 Å². The summed E-state index contributed by atoms with van der Waals surface area (Å²) in [6.45, 7) is 4.07. The Kier molecular flexibility index (Phi) is 3.27. The lowest BCUT2D eigenvalue weighted by atomic mass is 9.88. The summed E-state index contributed by atoms with van der Waals surface area (Å²) in [6.07, 6.45) is 7.44. The second-order valence-corrected chi connectivity index (χ2v) is 4.76. The summed E-state index contributed by atoms with van der Waals surface area (Å²) in [5.41, 5.74) is 0. The van der Waals surface area contributed by atoms with Crippen molar-refractivity contribution >= 4 is 11.9 Å². The Morgan fingerprint density at radius 3 is 2.94 bits per heavy atom. The molecule has 2 atom stereocenters. The molecular weight excluding hydrogens is 202 g/mol. The summed E-state index contributed by atoms with van der Waals surface area (Å²) in [6, 6.07) is 0.107. The second kappa shape index (κ2) is 4.68. The number of rotatable bonds is 2. The number of nitrogens with one attached hydrogen (secondary N) is 2. The van der Waals surface area contributed by atoms with Crippen molar-refractivity contribution in [3.63, 3.8) is 0 Å². The molecule has 0 aromatic rings. The highest BCUT2D eigenvalue weighted by atomic mass is 16.2. The minimum atomic E-state index is -0.189. The molecule has 1 aliphatic heterocycles. The number of guanidine groups is 1. The van der Waals surface area contributed by atoms with Gasteiger partial charge in [0.05, 0.1) is 0 Å². The van der Waals surface area contributed by atoms with Crippen LogP contribution in [0.25, 0.3) is 0 Å². The van der Waals surface area contributed by atoms with Crippen molar-refractivity contribution in [1.29, 1.82) is 0 Å². The molecule has 0 bridgehead atoms. The quantitative estimate of drug-likeness (QED) is 0.688. The summed E-state index contributed by atoms with van der Waals surface area (Å²) in [7, 11) is 0. The highest BCUT2D eigenvalue weighted by Crippen LogP contribution is 2.25. The molecule has 4 nitrogen and oxygen atoms in total. The maximum absolute atomic E-state index is 11.8. The highest BCUT2D eigenvalue weighted by Gasteiger charge is 2.33. The Balaban J connectivity index is 2.01. The maximum Gasteiger partial charge on any atom is 0.251 e. The average molecular weight is 221 g/mol.